The summed E-state index contributed by atoms with van der Waals surface area (Å²) in [5.74, 6) is -0.665. The Labute approximate surface area is 191 Å². The highest BCUT2D eigenvalue weighted by molar-refractivity contribution is 5.95. The Morgan fingerprint density at radius 3 is 2.61 bits per heavy atom. The van der Waals surface area contributed by atoms with Crippen LogP contribution >= 0.6 is 0 Å². The maximum absolute atomic E-state index is 12.8. The molecule has 3 rings (SSSR count). The Balaban J connectivity index is 1.56. The molecule has 0 radical (unpaired) electrons. The SMILES string of the molecule is Cc1cccc2c(=O)c3c(O)cc(OC(=O)CCCCCNC(=O)OC(C)(C)C)cc3oc12. The zero-order valence-corrected chi connectivity index (χ0v) is 19.3. The van der Waals surface area contributed by atoms with Gasteiger partial charge in [0.2, 0.25) is 5.43 Å². The zero-order chi connectivity index (χ0) is 24.2. The predicted molar refractivity (Wildman–Crippen MR) is 125 cm³/mol. The Morgan fingerprint density at radius 1 is 1.12 bits per heavy atom. The number of phenolic OH excluding ortho intramolecular Hbond substituents is 1. The lowest BCUT2D eigenvalue weighted by Crippen LogP contribution is -2.33. The van der Waals surface area contributed by atoms with Crippen molar-refractivity contribution in [3.05, 3.63) is 46.1 Å². The lowest BCUT2D eigenvalue weighted by Gasteiger charge is -2.19. The summed E-state index contributed by atoms with van der Waals surface area (Å²) in [5.41, 5.74) is 0.481. The number of aryl methyl sites for hydroxylation is 1. The molecule has 33 heavy (non-hydrogen) atoms. The molecule has 1 heterocycles. The Hall–Kier alpha value is -3.55. The van der Waals surface area contributed by atoms with Gasteiger partial charge >= 0.3 is 12.1 Å². The highest BCUT2D eigenvalue weighted by Crippen LogP contribution is 2.31. The molecule has 0 aliphatic rings. The van der Waals surface area contributed by atoms with Crippen LogP contribution < -0.4 is 15.5 Å². The molecule has 3 aromatic rings. The van der Waals surface area contributed by atoms with Gasteiger partial charge in [-0.25, -0.2) is 4.79 Å². The van der Waals surface area contributed by atoms with Crippen LogP contribution in [0.5, 0.6) is 11.5 Å². The van der Waals surface area contributed by atoms with Crippen LogP contribution in [0.15, 0.2) is 39.5 Å². The van der Waals surface area contributed by atoms with Crippen molar-refractivity contribution in [2.24, 2.45) is 0 Å². The van der Waals surface area contributed by atoms with Gasteiger partial charge in [-0.3, -0.25) is 9.59 Å². The number of ether oxygens (including phenoxy) is 2. The second kappa shape index (κ2) is 9.94. The second-order valence-corrected chi connectivity index (χ2v) is 8.91. The molecule has 0 unspecified atom stereocenters. The van der Waals surface area contributed by atoms with Crippen molar-refractivity contribution in [1.29, 1.82) is 0 Å². The fourth-order valence-electron chi connectivity index (χ4n) is 3.41. The summed E-state index contributed by atoms with van der Waals surface area (Å²) < 4.78 is 16.3. The third-order valence-electron chi connectivity index (χ3n) is 4.91. The van der Waals surface area contributed by atoms with Crippen LogP contribution in [0.2, 0.25) is 0 Å². The molecule has 1 amide bonds. The maximum Gasteiger partial charge on any atom is 0.407 e. The lowest BCUT2D eigenvalue weighted by molar-refractivity contribution is -0.134. The summed E-state index contributed by atoms with van der Waals surface area (Å²) in [7, 11) is 0. The Kier molecular flexibility index (Phi) is 7.26. The molecule has 1 aromatic heterocycles. The Bertz CT molecular complexity index is 1240. The van der Waals surface area contributed by atoms with Crippen LogP contribution in [0.1, 0.15) is 52.0 Å². The van der Waals surface area contributed by atoms with Gasteiger partial charge in [-0.1, -0.05) is 18.6 Å². The molecule has 176 valence electrons. The molecule has 2 N–H and O–H groups in total. The molecule has 0 aliphatic heterocycles. The van der Waals surface area contributed by atoms with E-state index in [0.29, 0.717) is 36.8 Å². The maximum atomic E-state index is 12.8. The largest absolute Gasteiger partial charge is 0.507 e. The molecule has 0 bridgehead atoms. The van der Waals surface area contributed by atoms with E-state index in [-0.39, 0.29) is 34.3 Å². The van der Waals surface area contributed by atoms with Crippen LogP contribution in [0.3, 0.4) is 0 Å². The molecule has 0 aliphatic carbocycles. The van der Waals surface area contributed by atoms with Crippen molar-refractivity contribution in [3.8, 4) is 11.5 Å². The summed E-state index contributed by atoms with van der Waals surface area (Å²) in [4.78, 5) is 36.6. The van der Waals surface area contributed by atoms with E-state index >= 15 is 0 Å². The number of carbonyl (C=O) groups is 2. The normalized spacial score (nSPS) is 11.5. The number of nitrogens with one attached hydrogen (secondary N) is 1. The Morgan fingerprint density at radius 2 is 1.88 bits per heavy atom. The monoisotopic (exact) mass is 455 g/mol. The number of hydrogen-bond acceptors (Lipinski definition) is 7. The van der Waals surface area contributed by atoms with Crippen molar-refractivity contribution in [3.63, 3.8) is 0 Å². The highest BCUT2D eigenvalue weighted by Gasteiger charge is 2.17. The van der Waals surface area contributed by atoms with E-state index < -0.39 is 17.7 Å². The smallest absolute Gasteiger partial charge is 0.407 e. The first-order valence-electron chi connectivity index (χ1n) is 10.9. The number of rotatable bonds is 7. The summed E-state index contributed by atoms with van der Waals surface area (Å²) >= 11 is 0. The highest BCUT2D eigenvalue weighted by atomic mass is 16.6. The van der Waals surface area contributed by atoms with Crippen LogP contribution in [-0.2, 0) is 9.53 Å². The molecule has 0 fully saturated rings. The summed E-state index contributed by atoms with van der Waals surface area (Å²) in [5, 5.41) is 13.5. The fourth-order valence-corrected chi connectivity index (χ4v) is 3.41. The van der Waals surface area contributed by atoms with Gasteiger partial charge in [0, 0.05) is 25.1 Å². The lowest BCUT2D eigenvalue weighted by atomic mass is 10.1. The van der Waals surface area contributed by atoms with Crippen molar-refractivity contribution < 1.29 is 28.6 Å². The average Bonchev–Trinajstić information content (AvgIpc) is 2.70. The van der Waals surface area contributed by atoms with Crippen molar-refractivity contribution in [2.45, 2.75) is 59.0 Å². The third kappa shape index (κ3) is 6.25. The van der Waals surface area contributed by atoms with Gasteiger partial charge in [0.05, 0.1) is 5.39 Å². The zero-order valence-electron chi connectivity index (χ0n) is 19.3. The van der Waals surface area contributed by atoms with Gasteiger partial charge in [-0.2, -0.15) is 0 Å². The molecule has 0 atom stereocenters. The second-order valence-electron chi connectivity index (χ2n) is 8.91. The molecular weight excluding hydrogens is 426 g/mol. The number of fused-ring (bicyclic) bond motifs is 2. The average molecular weight is 456 g/mol. The number of aromatic hydroxyl groups is 1. The van der Waals surface area contributed by atoms with E-state index in [9.17, 15) is 19.5 Å². The van der Waals surface area contributed by atoms with Crippen LogP contribution in [-0.4, -0.2) is 29.3 Å². The number of esters is 1. The van der Waals surface area contributed by atoms with Gasteiger partial charge in [0.1, 0.15) is 33.7 Å². The number of phenols is 1. The molecule has 0 saturated heterocycles. The molecule has 0 saturated carbocycles. The quantitative estimate of drug-likeness (QED) is 0.224. The van der Waals surface area contributed by atoms with Gasteiger partial charge < -0.3 is 24.3 Å². The summed E-state index contributed by atoms with van der Waals surface area (Å²) in [6, 6.07) is 7.89. The number of alkyl carbamates (subject to hydrolysis) is 1. The van der Waals surface area contributed by atoms with E-state index in [1.54, 1.807) is 32.9 Å². The van der Waals surface area contributed by atoms with E-state index in [2.05, 4.69) is 5.32 Å². The number of amides is 1. The summed E-state index contributed by atoms with van der Waals surface area (Å²) in [6.07, 6.45) is 1.70. The number of carbonyl (C=O) groups excluding carboxylic acids is 2. The number of para-hydroxylation sites is 1. The van der Waals surface area contributed by atoms with Gasteiger partial charge in [-0.05, 0) is 52.2 Å². The third-order valence-corrected chi connectivity index (χ3v) is 4.91. The minimum atomic E-state index is -0.542. The van der Waals surface area contributed by atoms with Gasteiger partial charge in [-0.15, -0.1) is 0 Å². The van der Waals surface area contributed by atoms with E-state index in [0.717, 1.165) is 5.56 Å². The standard InChI is InChI=1S/C25H29NO7/c1-15-9-8-10-17-22(29)21-18(27)13-16(14-19(21)32-23(15)17)31-20(28)11-6-5-7-12-26-24(30)33-25(2,3)4/h8-10,13-14,27H,5-7,11-12H2,1-4H3,(H,26,30). The molecule has 0 spiro atoms. The van der Waals surface area contributed by atoms with Crippen LogP contribution in [0.25, 0.3) is 21.9 Å². The predicted octanol–water partition coefficient (Wildman–Crippen LogP) is 4.95. The first-order chi connectivity index (χ1) is 15.5. The fraction of sp³-hybridized carbons (Fsp3) is 0.400. The van der Waals surface area contributed by atoms with E-state index in [1.165, 1.54) is 12.1 Å². The van der Waals surface area contributed by atoms with E-state index in [1.807, 2.05) is 13.0 Å². The van der Waals surface area contributed by atoms with Gasteiger partial charge in [0.15, 0.2) is 0 Å². The minimum Gasteiger partial charge on any atom is -0.507 e. The molecule has 8 heteroatoms. The topological polar surface area (TPSA) is 115 Å². The minimum absolute atomic E-state index is 0.0467. The van der Waals surface area contributed by atoms with Crippen molar-refractivity contribution >= 4 is 34.0 Å². The first-order valence-corrected chi connectivity index (χ1v) is 10.9. The number of hydrogen-bond donors (Lipinski definition) is 2. The molecular formula is C25H29NO7. The number of benzene rings is 2. The summed E-state index contributed by atoms with van der Waals surface area (Å²) in [6.45, 7) is 7.66. The van der Waals surface area contributed by atoms with Crippen molar-refractivity contribution in [1.82, 2.24) is 5.32 Å². The van der Waals surface area contributed by atoms with Gasteiger partial charge in [0.25, 0.3) is 0 Å². The molecule has 8 nitrogen and oxygen atoms in total. The molecule has 2 aromatic carbocycles. The number of unbranched alkanes of at least 4 members (excludes halogenated alkanes) is 2. The van der Waals surface area contributed by atoms with Crippen LogP contribution in [0, 0.1) is 6.92 Å². The first kappa shape index (κ1) is 24.1. The van der Waals surface area contributed by atoms with E-state index in [4.69, 9.17) is 13.9 Å². The van der Waals surface area contributed by atoms with Crippen LogP contribution in [0.4, 0.5) is 4.79 Å². The van der Waals surface area contributed by atoms with Crippen molar-refractivity contribution in [2.75, 3.05) is 6.54 Å².